The minimum Gasteiger partial charge on any atom is -0.295 e. The number of hydrogen-bond donors (Lipinski definition) is 1. The average molecular weight is 224 g/mol. The van der Waals surface area contributed by atoms with E-state index in [0.29, 0.717) is 0 Å². The van der Waals surface area contributed by atoms with Gasteiger partial charge in [-0.25, -0.2) is 5.01 Å². The Morgan fingerprint density at radius 1 is 1.25 bits per heavy atom. The smallest absolute Gasteiger partial charge is 0.158 e. The lowest BCUT2D eigenvalue weighted by Gasteiger charge is -2.52. The first kappa shape index (κ1) is 13.4. The molecule has 0 unspecified atom stereocenters. The van der Waals surface area contributed by atoms with Gasteiger partial charge in [0, 0.05) is 17.0 Å². The number of allylic oxidation sites excluding steroid dienone is 2. The molecule has 1 aliphatic heterocycles. The molecular formula is C13H24N2O. The van der Waals surface area contributed by atoms with Gasteiger partial charge in [0.1, 0.15) is 0 Å². The Hall–Kier alpha value is -0.670. The van der Waals surface area contributed by atoms with E-state index < -0.39 is 0 Å². The number of hydrogen-bond acceptors (Lipinski definition) is 3. The van der Waals surface area contributed by atoms with Crippen LogP contribution in [-0.2, 0) is 4.79 Å². The Morgan fingerprint density at radius 3 is 2.06 bits per heavy atom. The van der Waals surface area contributed by atoms with Crippen molar-refractivity contribution in [1.29, 1.82) is 0 Å². The van der Waals surface area contributed by atoms with Crippen molar-refractivity contribution >= 4 is 5.78 Å². The molecule has 0 saturated carbocycles. The summed E-state index contributed by atoms with van der Waals surface area (Å²) in [4.78, 5) is 11.9. The van der Waals surface area contributed by atoms with Crippen LogP contribution < -0.4 is 5.84 Å². The number of nitrogens with zero attached hydrogens (tertiary/aromatic N) is 1. The van der Waals surface area contributed by atoms with Crippen LogP contribution >= 0.6 is 0 Å². The molecule has 0 amide bonds. The lowest BCUT2D eigenvalue weighted by atomic mass is 9.73. The lowest BCUT2D eigenvalue weighted by molar-refractivity contribution is -0.126. The number of ketones is 1. The van der Waals surface area contributed by atoms with E-state index in [9.17, 15) is 4.79 Å². The van der Waals surface area contributed by atoms with Gasteiger partial charge in [-0.2, -0.15) is 0 Å². The predicted molar refractivity (Wildman–Crippen MR) is 66.7 cm³/mol. The van der Waals surface area contributed by atoms with Crippen molar-refractivity contribution < 1.29 is 4.79 Å². The maximum absolute atomic E-state index is 11.9. The van der Waals surface area contributed by atoms with Gasteiger partial charge in [0.15, 0.2) is 5.78 Å². The van der Waals surface area contributed by atoms with Gasteiger partial charge in [0.05, 0.1) is 0 Å². The molecule has 2 N–H and O–H groups in total. The molecule has 1 fully saturated rings. The van der Waals surface area contributed by atoms with E-state index in [1.165, 1.54) is 0 Å². The van der Waals surface area contributed by atoms with E-state index in [0.717, 1.165) is 12.8 Å². The van der Waals surface area contributed by atoms with Crippen LogP contribution in [-0.4, -0.2) is 21.9 Å². The summed E-state index contributed by atoms with van der Waals surface area (Å²) in [6, 6.07) is 0. The standard InChI is InChI=1S/C13H24N2O/c1-6-7-11(16)10-8-12(2,3)15(14)13(4,5)9-10/h6-7,10H,8-9,14H2,1-5H3/b7-6+. The number of carbonyl (C=O) groups excluding carboxylic acids is 1. The molecule has 0 aliphatic carbocycles. The average Bonchev–Trinajstić information content (AvgIpc) is 2.13. The second-order valence-electron chi connectivity index (χ2n) is 6.00. The number of nitrogens with two attached hydrogens (primary N) is 1. The zero-order valence-corrected chi connectivity index (χ0v) is 11.1. The maximum atomic E-state index is 11.9. The highest BCUT2D eigenvalue weighted by Gasteiger charge is 2.45. The van der Waals surface area contributed by atoms with E-state index in [-0.39, 0.29) is 22.8 Å². The molecule has 1 saturated heterocycles. The topological polar surface area (TPSA) is 46.3 Å². The molecule has 0 radical (unpaired) electrons. The highest BCUT2D eigenvalue weighted by atomic mass is 16.1. The van der Waals surface area contributed by atoms with Crippen LogP contribution in [0, 0.1) is 5.92 Å². The molecule has 0 aromatic rings. The highest BCUT2D eigenvalue weighted by molar-refractivity contribution is 5.91. The van der Waals surface area contributed by atoms with Crippen molar-refractivity contribution in [1.82, 2.24) is 5.01 Å². The van der Waals surface area contributed by atoms with Crippen molar-refractivity contribution in [3.8, 4) is 0 Å². The second-order valence-corrected chi connectivity index (χ2v) is 6.00. The van der Waals surface area contributed by atoms with Crippen molar-refractivity contribution in [2.75, 3.05) is 0 Å². The maximum Gasteiger partial charge on any atom is 0.158 e. The zero-order valence-electron chi connectivity index (χ0n) is 11.1. The Bertz CT molecular complexity index is 287. The molecule has 3 heteroatoms. The van der Waals surface area contributed by atoms with E-state index in [4.69, 9.17) is 5.84 Å². The molecule has 0 bridgehead atoms. The molecule has 92 valence electrons. The number of piperidine rings is 1. The normalized spacial score (nSPS) is 26.1. The third kappa shape index (κ3) is 2.53. The van der Waals surface area contributed by atoms with E-state index in [2.05, 4.69) is 27.7 Å². The summed E-state index contributed by atoms with van der Waals surface area (Å²) >= 11 is 0. The fourth-order valence-electron chi connectivity index (χ4n) is 2.80. The van der Waals surface area contributed by atoms with Crippen molar-refractivity contribution in [2.24, 2.45) is 11.8 Å². The Labute approximate surface area is 98.7 Å². The van der Waals surface area contributed by atoms with Crippen molar-refractivity contribution in [2.45, 2.75) is 58.5 Å². The molecule has 3 nitrogen and oxygen atoms in total. The fourth-order valence-corrected chi connectivity index (χ4v) is 2.80. The number of hydrazine groups is 1. The SMILES string of the molecule is C/C=C/C(=O)C1CC(C)(C)N(N)C(C)(C)C1. The number of rotatable bonds is 2. The molecule has 0 aromatic heterocycles. The molecule has 0 atom stereocenters. The van der Waals surface area contributed by atoms with E-state index >= 15 is 0 Å². The molecule has 1 aliphatic rings. The molecule has 0 aromatic carbocycles. The summed E-state index contributed by atoms with van der Waals surface area (Å²) in [5.74, 6) is 6.46. The second kappa shape index (κ2) is 4.30. The summed E-state index contributed by atoms with van der Waals surface area (Å²) in [5, 5.41) is 1.90. The number of carbonyl (C=O) groups is 1. The van der Waals surface area contributed by atoms with E-state index in [1.54, 1.807) is 6.08 Å². The largest absolute Gasteiger partial charge is 0.295 e. The van der Waals surface area contributed by atoms with Crippen LogP contribution in [0.1, 0.15) is 47.5 Å². The van der Waals surface area contributed by atoms with Gasteiger partial charge in [-0.1, -0.05) is 6.08 Å². The lowest BCUT2D eigenvalue weighted by Crippen LogP contribution is -2.64. The Balaban J connectivity index is 2.91. The van der Waals surface area contributed by atoms with Crippen LogP contribution in [0.4, 0.5) is 0 Å². The first-order chi connectivity index (χ1) is 7.20. The minimum atomic E-state index is -0.121. The van der Waals surface area contributed by atoms with Gasteiger partial charge < -0.3 is 0 Å². The van der Waals surface area contributed by atoms with Gasteiger partial charge in [-0.05, 0) is 53.5 Å². The zero-order chi connectivity index (χ0) is 12.6. The van der Waals surface area contributed by atoms with Crippen LogP contribution in [0.25, 0.3) is 0 Å². The summed E-state index contributed by atoms with van der Waals surface area (Å²) in [5.41, 5.74) is -0.243. The summed E-state index contributed by atoms with van der Waals surface area (Å²) in [6.45, 7) is 10.3. The van der Waals surface area contributed by atoms with Gasteiger partial charge >= 0.3 is 0 Å². The molecule has 1 heterocycles. The van der Waals surface area contributed by atoms with Gasteiger partial charge in [-0.15, -0.1) is 0 Å². The first-order valence-corrected chi connectivity index (χ1v) is 5.92. The monoisotopic (exact) mass is 224 g/mol. The van der Waals surface area contributed by atoms with Crippen LogP contribution in [0.15, 0.2) is 12.2 Å². The van der Waals surface area contributed by atoms with Gasteiger partial charge in [0.2, 0.25) is 0 Å². The van der Waals surface area contributed by atoms with Crippen LogP contribution in [0.3, 0.4) is 0 Å². The van der Waals surface area contributed by atoms with Crippen LogP contribution in [0.5, 0.6) is 0 Å². The molecule has 1 rings (SSSR count). The summed E-state index contributed by atoms with van der Waals surface area (Å²) in [7, 11) is 0. The van der Waals surface area contributed by atoms with Gasteiger partial charge in [0.25, 0.3) is 0 Å². The van der Waals surface area contributed by atoms with E-state index in [1.807, 2.05) is 18.0 Å². The third-order valence-corrected chi connectivity index (χ3v) is 3.53. The molecular weight excluding hydrogens is 200 g/mol. The minimum absolute atomic E-state index is 0.0981. The highest BCUT2D eigenvalue weighted by Crippen LogP contribution is 2.39. The molecule has 0 spiro atoms. The van der Waals surface area contributed by atoms with Crippen molar-refractivity contribution in [3.05, 3.63) is 12.2 Å². The summed E-state index contributed by atoms with van der Waals surface area (Å²) < 4.78 is 0. The fraction of sp³-hybridized carbons (Fsp3) is 0.769. The van der Waals surface area contributed by atoms with Crippen LogP contribution in [0.2, 0.25) is 0 Å². The molecule has 16 heavy (non-hydrogen) atoms. The Kier molecular flexibility index (Phi) is 3.60. The first-order valence-electron chi connectivity index (χ1n) is 5.92. The quantitative estimate of drug-likeness (QED) is 0.578. The predicted octanol–water partition coefficient (Wildman–Crippen LogP) is 2.27. The third-order valence-electron chi connectivity index (χ3n) is 3.53. The van der Waals surface area contributed by atoms with Gasteiger partial charge in [-0.3, -0.25) is 10.6 Å². The van der Waals surface area contributed by atoms with Crippen molar-refractivity contribution in [3.63, 3.8) is 0 Å². The summed E-state index contributed by atoms with van der Waals surface area (Å²) in [6.07, 6.45) is 5.16. The Morgan fingerprint density at radius 2 is 1.69 bits per heavy atom.